The van der Waals surface area contributed by atoms with Crippen LogP contribution < -0.4 is 0 Å². The Bertz CT molecular complexity index is 10400. The van der Waals surface area contributed by atoms with Crippen LogP contribution in [0, 0.1) is 0 Å². The molecular formula is C135H84N12O3. The Morgan fingerprint density at radius 2 is 0.307 bits per heavy atom. The first-order chi connectivity index (χ1) is 74.3. The Labute approximate surface area is 859 Å². The summed E-state index contributed by atoms with van der Waals surface area (Å²) in [6, 6.07) is 176. The maximum atomic E-state index is 6.26. The molecule has 0 saturated heterocycles. The molecule has 9 heterocycles. The lowest BCUT2D eigenvalue weighted by atomic mass is 10.0. The summed E-state index contributed by atoms with van der Waals surface area (Å²) in [6.45, 7) is 0. The molecule has 0 spiro atoms. The molecular weight excluding hydrogens is 1840 g/mol. The predicted molar refractivity (Wildman–Crippen MR) is 610 cm³/mol. The van der Waals surface area contributed by atoms with Crippen molar-refractivity contribution in [2.45, 2.75) is 0 Å². The van der Waals surface area contributed by atoms with E-state index in [2.05, 4.69) is 384 Å². The standard InChI is InChI=1S/3C45H28N4O/c1-2-12-29(13-3-1)30-14-10-15-31(26-30)43-46-44(48-45(47-43)33-24-25-38-37-20-6-9-23-41(37)50-42(38)28-33)32-16-11-17-34(27-32)49-39-21-7-4-18-35(39)36-19-5-8-22-40(36)49;1-2-11-30(12-3-1)43-46-44(48-45(47-43)33-23-26-38-37-17-6-9-20-41(37)50-42(38)28-33)32-14-10-13-31(27-32)29-21-24-34(25-22-29)49-39-18-7-4-15-35(39)36-16-5-8-19-40(36)49;1-2-11-30(12-3-1)43-46-44(48-45(47-43)33-25-26-38-37-17-6-9-20-41(37)50-42(38)28-33)31-23-21-29(22-24-31)32-13-10-14-34(27-32)49-39-18-7-4-15-35(39)36-16-5-8-19-40(36)49/h3*1-28H. The average Bonchev–Trinajstić information content (AvgIpc) is 1.60. The normalized spacial score (nSPS) is 11.6. The molecule has 0 bridgehead atoms. The van der Waals surface area contributed by atoms with E-state index in [4.69, 9.17) is 58.1 Å². The number of para-hydroxylation sites is 9. The summed E-state index contributed by atoms with van der Waals surface area (Å²) in [5.74, 6) is 5.45. The van der Waals surface area contributed by atoms with E-state index in [9.17, 15) is 0 Å². The second-order valence-corrected chi connectivity index (χ2v) is 37.4. The zero-order valence-corrected chi connectivity index (χ0v) is 80.6. The largest absolute Gasteiger partial charge is 0.456 e. The van der Waals surface area contributed by atoms with Gasteiger partial charge in [-0.15, -0.1) is 0 Å². The van der Waals surface area contributed by atoms with Crippen LogP contribution in [0.2, 0.25) is 0 Å². The van der Waals surface area contributed by atoms with Gasteiger partial charge >= 0.3 is 0 Å². The van der Waals surface area contributed by atoms with E-state index in [1.165, 1.54) is 54.4 Å². The number of aromatic nitrogens is 12. The van der Waals surface area contributed by atoms with Crippen LogP contribution in [0.1, 0.15) is 0 Å². The van der Waals surface area contributed by atoms with Crippen molar-refractivity contribution in [2.24, 2.45) is 0 Å². The molecule has 0 N–H and O–H groups in total. The number of furan rings is 3. The maximum Gasteiger partial charge on any atom is 0.164 e. The molecule has 30 aromatic rings. The summed E-state index contributed by atoms with van der Waals surface area (Å²) in [7, 11) is 0. The average molecular weight is 1920 g/mol. The fourth-order valence-corrected chi connectivity index (χ4v) is 21.2. The van der Waals surface area contributed by atoms with E-state index in [1.807, 2.05) is 140 Å². The molecule has 150 heavy (non-hydrogen) atoms. The molecule has 9 aromatic heterocycles. The van der Waals surface area contributed by atoms with E-state index in [0.29, 0.717) is 52.4 Å². The molecule has 15 heteroatoms. The number of benzene rings is 21. The van der Waals surface area contributed by atoms with E-state index < -0.39 is 0 Å². The van der Waals surface area contributed by atoms with Gasteiger partial charge in [-0.25, -0.2) is 44.9 Å². The number of hydrogen-bond acceptors (Lipinski definition) is 12. The van der Waals surface area contributed by atoms with Gasteiger partial charge in [0.2, 0.25) is 0 Å². The van der Waals surface area contributed by atoms with Crippen molar-refractivity contribution in [3.8, 4) is 153 Å². The minimum absolute atomic E-state index is 0.583. The first kappa shape index (κ1) is 87.3. The Balaban J connectivity index is 0.000000108. The molecule has 0 aliphatic rings. The van der Waals surface area contributed by atoms with Crippen LogP contribution >= 0.6 is 0 Å². The van der Waals surface area contributed by atoms with Gasteiger partial charge in [-0.05, 0) is 173 Å². The van der Waals surface area contributed by atoms with Crippen molar-refractivity contribution in [1.82, 2.24) is 58.6 Å². The van der Waals surface area contributed by atoms with E-state index in [-0.39, 0.29) is 0 Å². The van der Waals surface area contributed by atoms with E-state index in [1.54, 1.807) is 0 Å². The van der Waals surface area contributed by atoms with Crippen molar-refractivity contribution >= 4 is 131 Å². The molecule has 21 aromatic carbocycles. The van der Waals surface area contributed by atoms with Gasteiger partial charge in [0.05, 0.1) is 33.1 Å². The number of nitrogens with zero attached hydrogens (tertiary/aromatic N) is 12. The molecule has 0 saturated carbocycles. The summed E-state index contributed by atoms with van der Waals surface area (Å²) in [6.07, 6.45) is 0. The summed E-state index contributed by atoms with van der Waals surface area (Å²) in [5.41, 5.74) is 30.2. The van der Waals surface area contributed by atoms with Gasteiger partial charge in [0.1, 0.15) is 33.5 Å². The van der Waals surface area contributed by atoms with E-state index in [0.717, 1.165) is 177 Å². The molecule has 0 fully saturated rings. The highest BCUT2D eigenvalue weighted by molar-refractivity contribution is 6.13. The molecule has 15 nitrogen and oxygen atoms in total. The molecule has 0 amide bonds. The monoisotopic (exact) mass is 1920 g/mol. The highest BCUT2D eigenvalue weighted by Gasteiger charge is 2.24. The van der Waals surface area contributed by atoms with Gasteiger partial charge in [-0.2, -0.15) is 0 Å². The highest BCUT2D eigenvalue weighted by Crippen LogP contribution is 2.43. The molecule has 0 aliphatic carbocycles. The topological polar surface area (TPSA) is 170 Å². The van der Waals surface area contributed by atoms with Crippen LogP contribution in [0.4, 0.5) is 0 Å². The molecule has 0 radical (unpaired) electrons. The Morgan fingerprint density at radius 3 is 0.633 bits per heavy atom. The van der Waals surface area contributed by atoms with Crippen LogP contribution in [-0.4, -0.2) is 58.6 Å². The fraction of sp³-hybridized carbons (Fsp3) is 0. The van der Waals surface area contributed by atoms with Crippen molar-refractivity contribution in [3.05, 3.63) is 510 Å². The second-order valence-electron chi connectivity index (χ2n) is 37.4. The molecule has 0 aliphatic heterocycles. The van der Waals surface area contributed by atoms with Crippen LogP contribution in [0.5, 0.6) is 0 Å². The van der Waals surface area contributed by atoms with Gasteiger partial charge in [-0.1, -0.05) is 370 Å². The van der Waals surface area contributed by atoms with Gasteiger partial charge in [0.25, 0.3) is 0 Å². The molecule has 702 valence electrons. The lowest BCUT2D eigenvalue weighted by Crippen LogP contribution is -2.01. The lowest BCUT2D eigenvalue weighted by Gasteiger charge is -2.12. The number of fused-ring (bicyclic) bond motifs is 18. The first-order valence-electron chi connectivity index (χ1n) is 50.1. The summed E-state index contributed by atoms with van der Waals surface area (Å²) in [4.78, 5) is 45.2. The first-order valence-corrected chi connectivity index (χ1v) is 50.1. The van der Waals surface area contributed by atoms with Crippen LogP contribution in [-0.2, 0) is 0 Å². The predicted octanol–water partition coefficient (Wildman–Crippen LogP) is 34.6. The Morgan fingerprint density at radius 1 is 0.113 bits per heavy atom. The maximum absolute atomic E-state index is 6.26. The van der Waals surface area contributed by atoms with Crippen molar-refractivity contribution in [2.75, 3.05) is 0 Å². The molecule has 30 rings (SSSR count). The quantitative estimate of drug-likeness (QED) is 0.0953. The van der Waals surface area contributed by atoms with Crippen LogP contribution in [0.3, 0.4) is 0 Å². The second kappa shape index (κ2) is 37.0. The van der Waals surface area contributed by atoms with Gasteiger partial charge in [0.15, 0.2) is 52.4 Å². The molecule has 0 atom stereocenters. The highest BCUT2D eigenvalue weighted by atomic mass is 16.3. The van der Waals surface area contributed by atoms with E-state index >= 15 is 0 Å². The molecule has 0 unspecified atom stereocenters. The lowest BCUT2D eigenvalue weighted by molar-refractivity contribution is 0.668. The van der Waals surface area contributed by atoms with Crippen molar-refractivity contribution in [1.29, 1.82) is 0 Å². The van der Waals surface area contributed by atoms with Crippen LogP contribution in [0.15, 0.2) is 523 Å². The summed E-state index contributed by atoms with van der Waals surface area (Å²) >= 11 is 0. The Kier molecular flexibility index (Phi) is 21.5. The third-order valence-electron chi connectivity index (χ3n) is 28.4. The minimum atomic E-state index is 0.583. The van der Waals surface area contributed by atoms with Gasteiger partial charge < -0.3 is 27.0 Å². The SMILES string of the molecule is c1ccc(-c2cccc(-c3nc(-c4cccc(-n5c6ccccc6c6ccccc65)c4)nc(-c4ccc5c(c4)oc4ccccc45)n3)c2)cc1.c1ccc(-c2nc(-c3ccc(-c4cccc(-n5c6ccccc6c6ccccc65)c4)cc3)nc(-c3ccc4c(c3)oc3ccccc34)n2)cc1.c1ccc(-c2nc(-c3cccc(-c4ccc(-n5c6ccccc6c6ccccc65)cc4)c3)nc(-c3ccc4c(c3)oc3ccccc34)n2)cc1. The fourth-order valence-electron chi connectivity index (χ4n) is 21.2. The summed E-state index contributed by atoms with van der Waals surface area (Å²) < 4.78 is 25.7. The summed E-state index contributed by atoms with van der Waals surface area (Å²) in [5, 5.41) is 13.9. The zero-order chi connectivity index (χ0) is 99.1. The Hall–Kier alpha value is -20.6. The van der Waals surface area contributed by atoms with Crippen LogP contribution in [0.25, 0.3) is 284 Å². The smallest absolute Gasteiger partial charge is 0.164 e. The minimum Gasteiger partial charge on any atom is -0.456 e. The van der Waals surface area contributed by atoms with Crippen molar-refractivity contribution in [3.63, 3.8) is 0 Å². The van der Waals surface area contributed by atoms with Crippen molar-refractivity contribution < 1.29 is 13.3 Å². The number of hydrogen-bond donors (Lipinski definition) is 0. The van der Waals surface area contributed by atoms with Gasteiger partial charge in [0, 0.05) is 132 Å². The van der Waals surface area contributed by atoms with Gasteiger partial charge in [-0.3, -0.25) is 0 Å². The third-order valence-corrected chi connectivity index (χ3v) is 28.4. The number of rotatable bonds is 15. The third kappa shape index (κ3) is 15.9. The zero-order valence-electron chi connectivity index (χ0n) is 80.6.